The van der Waals surface area contributed by atoms with Crippen molar-refractivity contribution in [3.63, 3.8) is 0 Å². The van der Waals surface area contributed by atoms with E-state index in [-0.39, 0.29) is 0 Å². The van der Waals surface area contributed by atoms with Gasteiger partial charge in [0, 0.05) is 43.8 Å². The molecule has 19 heavy (non-hydrogen) atoms. The number of rotatable bonds is 1. The first-order valence-electron chi connectivity index (χ1n) is 8.20. The van der Waals surface area contributed by atoms with Gasteiger partial charge in [0.15, 0.2) is 0 Å². The van der Waals surface area contributed by atoms with Gasteiger partial charge in [0.25, 0.3) is 0 Å². The van der Waals surface area contributed by atoms with Crippen molar-refractivity contribution in [2.75, 3.05) is 26.2 Å². The predicted molar refractivity (Wildman–Crippen MR) is 80.4 cm³/mol. The Hall–Kier alpha value is -0.120. The summed E-state index contributed by atoms with van der Waals surface area (Å²) in [6.45, 7) is 14.6. The van der Waals surface area contributed by atoms with E-state index in [9.17, 15) is 0 Å². The molecule has 0 saturated carbocycles. The zero-order valence-corrected chi connectivity index (χ0v) is 13.2. The summed E-state index contributed by atoms with van der Waals surface area (Å²) in [6, 6.07) is 3.02. The Balaban J connectivity index is 1.71. The summed E-state index contributed by atoms with van der Waals surface area (Å²) in [5.41, 5.74) is 0.367. The van der Waals surface area contributed by atoms with Gasteiger partial charge in [-0.2, -0.15) is 0 Å². The van der Waals surface area contributed by atoms with Crippen LogP contribution in [0.25, 0.3) is 0 Å². The number of nitrogens with zero attached hydrogens (tertiary/aromatic N) is 2. The molecule has 0 aromatic rings. The molecular formula is C16H31N3. The molecule has 0 aromatic heterocycles. The summed E-state index contributed by atoms with van der Waals surface area (Å²) in [6.07, 6.45) is 4.25. The number of fused-ring (bicyclic) bond motifs is 1. The van der Waals surface area contributed by atoms with E-state index in [1.807, 2.05) is 0 Å². The summed E-state index contributed by atoms with van der Waals surface area (Å²) in [5, 5.41) is 3.77. The molecule has 3 heteroatoms. The lowest BCUT2D eigenvalue weighted by atomic mass is 9.84. The molecule has 110 valence electrons. The molecule has 0 bridgehead atoms. The van der Waals surface area contributed by atoms with Crippen molar-refractivity contribution < 1.29 is 0 Å². The molecule has 3 rings (SSSR count). The van der Waals surface area contributed by atoms with Crippen LogP contribution in [-0.2, 0) is 0 Å². The molecule has 0 radical (unpaired) electrons. The highest BCUT2D eigenvalue weighted by molar-refractivity contribution is 5.01. The van der Waals surface area contributed by atoms with Crippen molar-refractivity contribution in [3.8, 4) is 0 Å². The van der Waals surface area contributed by atoms with E-state index in [1.165, 1.54) is 38.9 Å². The predicted octanol–water partition coefficient (Wildman–Crippen LogP) is 1.93. The van der Waals surface area contributed by atoms with E-state index in [0.717, 1.165) is 18.6 Å². The molecular weight excluding hydrogens is 234 g/mol. The number of hydrogen-bond donors (Lipinski definition) is 1. The molecule has 3 heterocycles. The van der Waals surface area contributed by atoms with Crippen molar-refractivity contribution in [1.29, 1.82) is 0 Å². The van der Waals surface area contributed by atoms with Gasteiger partial charge in [0.05, 0.1) is 0 Å². The number of hydrogen-bond acceptors (Lipinski definition) is 3. The average molecular weight is 265 g/mol. The maximum Gasteiger partial charge on any atom is 0.0267 e. The van der Waals surface area contributed by atoms with Crippen LogP contribution in [0.3, 0.4) is 0 Å². The zero-order valence-electron chi connectivity index (χ0n) is 13.2. The Morgan fingerprint density at radius 2 is 1.84 bits per heavy atom. The third-order valence-corrected chi connectivity index (χ3v) is 5.66. The van der Waals surface area contributed by atoms with Crippen LogP contribution in [0.4, 0.5) is 0 Å². The van der Waals surface area contributed by atoms with Gasteiger partial charge in [-0.15, -0.1) is 0 Å². The van der Waals surface area contributed by atoms with Gasteiger partial charge in [-0.05, 0) is 38.1 Å². The molecule has 0 amide bonds. The standard InChI is InChI=1S/C16H31N3/c1-12-10-17-15(16(2,3)4)11-19(12)14-7-9-18-8-5-6-13(14)18/h12-15,17H,5-11H2,1-4H3. The van der Waals surface area contributed by atoms with Gasteiger partial charge in [-0.3, -0.25) is 9.80 Å². The van der Waals surface area contributed by atoms with E-state index in [0.29, 0.717) is 17.5 Å². The highest BCUT2D eigenvalue weighted by Gasteiger charge is 2.44. The molecule has 4 atom stereocenters. The molecule has 3 saturated heterocycles. The lowest BCUT2D eigenvalue weighted by Gasteiger charge is -2.47. The van der Waals surface area contributed by atoms with Crippen molar-refractivity contribution in [2.45, 2.75) is 71.1 Å². The minimum atomic E-state index is 0.367. The van der Waals surface area contributed by atoms with Gasteiger partial charge in [-0.25, -0.2) is 0 Å². The number of nitrogens with one attached hydrogen (secondary N) is 1. The second-order valence-electron chi connectivity index (χ2n) is 7.97. The van der Waals surface area contributed by atoms with Gasteiger partial charge < -0.3 is 5.32 Å². The van der Waals surface area contributed by atoms with Crippen LogP contribution >= 0.6 is 0 Å². The second kappa shape index (κ2) is 5.01. The molecule has 0 aliphatic carbocycles. The molecule has 0 aromatic carbocycles. The second-order valence-corrected chi connectivity index (χ2v) is 7.97. The zero-order chi connectivity index (χ0) is 13.6. The molecule has 1 N–H and O–H groups in total. The van der Waals surface area contributed by atoms with Crippen molar-refractivity contribution >= 4 is 0 Å². The van der Waals surface area contributed by atoms with Crippen LogP contribution in [-0.4, -0.2) is 60.1 Å². The maximum atomic E-state index is 3.77. The Labute approximate surface area is 118 Å². The molecule has 0 spiro atoms. The Kier molecular flexibility index (Phi) is 3.65. The summed E-state index contributed by atoms with van der Waals surface area (Å²) < 4.78 is 0. The lowest BCUT2D eigenvalue weighted by molar-refractivity contribution is 0.0461. The fourth-order valence-electron chi connectivity index (χ4n) is 4.37. The van der Waals surface area contributed by atoms with Crippen LogP contribution in [0.5, 0.6) is 0 Å². The van der Waals surface area contributed by atoms with Crippen LogP contribution in [0.2, 0.25) is 0 Å². The highest BCUT2D eigenvalue weighted by Crippen LogP contribution is 2.34. The van der Waals surface area contributed by atoms with E-state index >= 15 is 0 Å². The monoisotopic (exact) mass is 265 g/mol. The smallest absolute Gasteiger partial charge is 0.0267 e. The van der Waals surface area contributed by atoms with Crippen LogP contribution in [0.15, 0.2) is 0 Å². The van der Waals surface area contributed by atoms with E-state index < -0.39 is 0 Å². The third kappa shape index (κ3) is 2.57. The van der Waals surface area contributed by atoms with Crippen LogP contribution in [0.1, 0.15) is 47.0 Å². The molecule has 3 aliphatic rings. The van der Waals surface area contributed by atoms with Crippen LogP contribution < -0.4 is 5.32 Å². The molecule has 4 unspecified atom stereocenters. The largest absolute Gasteiger partial charge is 0.311 e. The Bertz CT molecular complexity index is 322. The number of piperazine rings is 1. The average Bonchev–Trinajstić information content (AvgIpc) is 2.90. The fourth-order valence-corrected chi connectivity index (χ4v) is 4.37. The minimum absolute atomic E-state index is 0.367. The quantitative estimate of drug-likeness (QED) is 0.781. The first kappa shape index (κ1) is 13.8. The summed E-state index contributed by atoms with van der Waals surface area (Å²) in [5.74, 6) is 0. The van der Waals surface area contributed by atoms with Crippen molar-refractivity contribution in [2.24, 2.45) is 5.41 Å². The maximum absolute atomic E-state index is 3.77. The van der Waals surface area contributed by atoms with Crippen molar-refractivity contribution in [3.05, 3.63) is 0 Å². The minimum Gasteiger partial charge on any atom is -0.311 e. The summed E-state index contributed by atoms with van der Waals surface area (Å²) in [7, 11) is 0. The lowest BCUT2D eigenvalue weighted by Crippen LogP contribution is -2.63. The van der Waals surface area contributed by atoms with Gasteiger partial charge in [0.1, 0.15) is 0 Å². The first-order chi connectivity index (χ1) is 8.97. The summed E-state index contributed by atoms with van der Waals surface area (Å²) >= 11 is 0. The first-order valence-corrected chi connectivity index (χ1v) is 8.20. The van der Waals surface area contributed by atoms with E-state index in [4.69, 9.17) is 0 Å². The van der Waals surface area contributed by atoms with Gasteiger partial charge in [-0.1, -0.05) is 20.8 Å². The summed E-state index contributed by atoms with van der Waals surface area (Å²) in [4.78, 5) is 5.58. The third-order valence-electron chi connectivity index (χ3n) is 5.66. The Morgan fingerprint density at radius 3 is 2.58 bits per heavy atom. The highest BCUT2D eigenvalue weighted by atomic mass is 15.3. The van der Waals surface area contributed by atoms with E-state index in [2.05, 4.69) is 42.8 Å². The molecule has 3 fully saturated rings. The SMILES string of the molecule is CC1CNC(C(C)(C)C)CN1C1CCN2CCCC12. The van der Waals surface area contributed by atoms with Crippen LogP contribution in [0, 0.1) is 5.41 Å². The topological polar surface area (TPSA) is 18.5 Å². The Morgan fingerprint density at radius 1 is 1.05 bits per heavy atom. The van der Waals surface area contributed by atoms with Crippen molar-refractivity contribution in [1.82, 2.24) is 15.1 Å². The van der Waals surface area contributed by atoms with Gasteiger partial charge >= 0.3 is 0 Å². The fraction of sp³-hybridized carbons (Fsp3) is 1.00. The van der Waals surface area contributed by atoms with Gasteiger partial charge in [0.2, 0.25) is 0 Å². The molecule has 3 nitrogen and oxygen atoms in total. The molecule has 3 aliphatic heterocycles. The normalized spacial score (nSPS) is 41.7. The van der Waals surface area contributed by atoms with E-state index in [1.54, 1.807) is 0 Å².